The molecule has 2 aromatic rings. The lowest BCUT2D eigenvalue weighted by Gasteiger charge is -2.26. The molecule has 108 valence electrons. The highest BCUT2D eigenvalue weighted by Gasteiger charge is 2.26. The number of fused-ring (bicyclic) bond motifs is 1. The van der Waals surface area contributed by atoms with E-state index in [-0.39, 0.29) is 11.8 Å². The van der Waals surface area contributed by atoms with Crippen LogP contribution in [-0.4, -0.2) is 17.4 Å². The van der Waals surface area contributed by atoms with E-state index in [0.717, 1.165) is 41.3 Å². The predicted molar refractivity (Wildman–Crippen MR) is 84.6 cm³/mol. The second-order valence-electron chi connectivity index (χ2n) is 5.43. The molecule has 1 unspecified atom stereocenters. The predicted octanol–water partition coefficient (Wildman–Crippen LogP) is 3.24. The zero-order valence-electron chi connectivity index (χ0n) is 12.3. The molecule has 21 heavy (non-hydrogen) atoms. The molecule has 1 aromatic carbocycles. The van der Waals surface area contributed by atoms with Crippen molar-refractivity contribution in [3.8, 4) is 0 Å². The SMILES string of the molecule is Cc1ccc(NC(=O)C2CCNc3ccccc32)c(C)n1. The zero-order chi connectivity index (χ0) is 14.8. The first-order valence-corrected chi connectivity index (χ1v) is 7.23. The Hall–Kier alpha value is -2.36. The summed E-state index contributed by atoms with van der Waals surface area (Å²) in [4.78, 5) is 17.0. The standard InChI is InChI=1S/C17H19N3O/c1-11-7-8-15(12(2)19-11)20-17(21)14-9-10-18-16-6-4-3-5-13(14)16/h3-8,14,18H,9-10H2,1-2H3,(H,20,21). The number of para-hydroxylation sites is 1. The Morgan fingerprint density at radius 2 is 2.05 bits per heavy atom. The Morgan fingerprint density at radius 3 is 2.86 bits per heavy atom. The first-order chi connectivity index (χ1) is 10.1. The van der Waals surface area contributed by atoms with Crippen molar-refractivity contribution in [2.45, 2.75) is 26.2 Å². The van der Waals surface area contributed by atoms with Crippen molar-refractivity contribution in [3.63, 3.8) is 0 Å². The molecule has 1 aliphatic rings. The van der Waals surface area contributed by atoms with Gasteiger partial charge in [0.25, 0.3) is 0 Å². The van der Waals surface area contributed by atoms with Crippen molar-refractivity contribution < 1.29 is 4.79 Å². The van der Waals surface area contributed by atoms with E-state index in [1.165, 1.54) is 0 Å². The number of hydrogen-bond donors (Lipinski definition) is 2. The smallest absolute Gasteiger partial charge is 0.232 e. The van der Waals surface area contributed by atoms with Gasteiger partial charge in [-0.05, 0) is 44.0 Å². The van der Waals surface area contributed by atoms with Gasteiger partial charge >= 0.3 is 0 Å². The summed E-state index contributed by atoms with van der Waals surface area (Å²) in [6, 6.07) is 11.8. The maximum atomic E-state index is 12.6. The van der Waals surface area contributed by atoms with Gasteiger partial charge in [0.1, 0.15) is 0 Å². The summed E-state index contributed by atoms with van der Waals surface area (Å²) in [5, 5.41) is 6.36. The molecule has 0 fully saturated rings. The first kappa shape index (κ1) is 13.6. The fourth-order valence-corrected chi connectivity index (χ4v) is 2.78. The number of pyridine rings is 1. The number of benzene rings is 1. The second-order valence-corrected chi connectivity index (χ2v) is 5.43. The van der Waals surface area contributed by atoms with Gasteiger partial charge in [-0.1, -0.05) is 18.2 Å². The topological polar surface area (TPSA) is 54.0 Å². The molecule has 0 bridgehead atoms. The van der Waals surface area contributed by atoms with Gasteiger partial charge in [0.2, 0.25) is 5.91 Å². The summed E-state index contributed by atoms with van der Waals surface area (Å²) in [5.41, 5.74) is 4.73. The highest BCUT2D eigenvalue weighted by molar-refractivity contribution is 5.97. The summed E-state index contributed by atoms with van der Waals surface area (Å²) < 4.78 is 0. The highest BCUT2D eigenvalue weighted by Crippen LogP contribution is 2.32. The van der Waals surface area contributed by atoms with Crippen molar-refractivity contribution in [3.05, 3.63) is 53.3 Å². The molecule has 0 saturated heterocycles. The molecule has 1 amide bonds. The number of hydrogen-bond acceptors (Lipinski definition) is 3. The van der Waals surface area contributed by atoms with Crippen LogP contribution in [0.15, 0.2) is 36.4 Å². The highest BCUT2D eigenvalue weighted by atomic mass is 16.1. The molecule has 4 nitrogen and oxygen atoms in total. The molecule has 0 aliphatic carbocycles. The molecule has 2 N–H and O–H groups in total. The number of aromatic nitrogens is 1. The van der Waals surface area contributed by atoms with Crippen LogP contribution in [0.2, 0.25) is 0 Å². The molecule has 4 heteroatoms. The lowest BCUT2D eigenvalue weighted by Crippen LogP contribution is -2.27. The van der Waals surface area contributed by atoms with Gasteiger partial charge in [0, 0.05) is 17.9 Å². The zero-order valence-corrected chi connectivity index (χ0v) is 12.3. The minimum Gasteiger partial charge on any atom is -0.385 e. The minimum atomic E-state index is -0.108. The Bertz CT molecular complexity index is 681. The maximum Gasteiger partial charge on any atom is 0.232 e. The van der Waals surface area contributed by atoms with Crippen molar-refractivity contribution in [2.24, 2.45) is 0 Å². The average molecular weight is 281 g/mol. The van der Waals surface area contributed by atoms with Crippen LogP contribution in [0.5, 0.6) is 0 Å². The van der Waals surface area contributed by atoms with Crippen LogP contribution >= 0.6 is 0 Å². The first-order valence-electron chi connectivity index (χ1n) is 7.23. The molecular weight excluding hydrogens is 262 g/mol. The van der Waals surface area contributed by atoms with Crippen LogP contribution in [0.1, 0.15) is 29.3 Å². The van der Waals surface area contributed by atoms with E-state index in [9.17, 15) is 4.79 Å². The van der Waals surface area contributed by atoms with Gasteiger partial charge in [0.05, 0.1) is 17.3 Å². The van der Waals surface area contributed by atoms with Crippen molar-refractivity contribution >= 4 is 17.3 Å². The molecule has 1 aliphatic heterocycles. The third kappa shape index (κ3) is 2.75. The van der Waals surface area contributed by atoms with Gasteiger partial charge in [-0.15, -0.1) is 0 Å². The number of carbonyl (C=O) groups excluding carboxylic acids is 1. The van der Waals surface area contributed by atoms with Crippen LogP contribution < -0.4 is 10.6 Å². The third-order valence-electron chi connectivity index (χ3n) is 3.88. The van der Waals surface area contributed by atoms with Gasteiger partial charge in [-0.25, -0.2) is 0 Å². The summed E-state index contributed by atoms with van der Waals surface area (Å²) in [5.74, 6) is -0.0687. The summed E-state index contributed by atoms with van der Waals surface area (Å²) >= 11 is 0. The molecule has 1 aromatic heterocycles. The van der Waals surface area contributed by atoms with Crippen LogP contribution in [0.3, 0.4) is 0 Å². The lowest BCUT2D eigenvalue weighted by molar-refractivity contribution is -0.117. The molecular formula is C17H19N3O. The molecule has 0 spiro atoms. The largest absolute Gasteiger partial charge is 0.385 e. The molecule has 0 radical (unpaired) electrons. The van der Waals surface area contributed by atoms with Gasteiger partial charge in [-0.3, -0.25) is 9.78 Å². The Kier molecular flexibility index (Phi) is 3.60. The number of anilines is 2. The van der Waals surface area contributed by atoms with Crippen LogP contribution in [0, 0.1) is 13.8 Å². The summed E-state index contributed by atoms with van der Waals surface area (Å²) in [6.45, 7) is 4.68. The molecule has 3 rings (SSSR count). The fourth-order valence-electron chi connectivity index (χ4n) is 2.78. The molecule has 0 saturated carbocycles. The maximum absolute atomic E-state index is 12.6. The van der Waals surface area contributed by atoms with E-state index >= 15 is 0 Å². The summed E-state index contributed by atoms with van der Waals surface area (Å²) in [7, 11) is 0. The fraction of sp³-hybridized carbons (Fsp3) is 0.294. The Morgan fingerprint density at radius 1 is 1.24 bits per heavy atom. The Balaban J connectivity index is 1.83. The van der Waals surface area contributed by atoms with E-state index < -0.39 is 0 Å². The van der Waals surface area contributed by atoms with Gasteiger partial charge < -0.3 is 10.6 Å². The van der Waals surface area contributed by atoms with Crippen molar-refractivity contribution in [2.75, 3.05) is 17.2 Å². The van der Waals surface area contributed by atoms with E-state index in [1.54, 1.807) is 0 Å². The van der Waals surface area contributed by atoms with E-state index in [1.807, 2.05) is 50.2 Å². The number of nitrogens with one attached hydrogen (secondary N) is 2. The van der Waals surface area contributed by atoms with Crippen LogP contribution in [0.4, 0.5) is 11.4 Å². The van der Waals surface area contributed by atoms with Crippen molar-refractivity contribution in [1.82, 2.24) is 4.98 Å². The molecule has 1 atom stereocenters. The van der Waals surface area contributed by atoms with Crippen LogP contribution in [0.25, 0.3) is 0 Å². The normalized spacial score (nSPS) is 16.8. The minimum absolute atomic E-state index is 0.0395. The van der Waals surface area contributed by atoms with Gasteiger partial charge in [0.15, 0.2) is 0 Å². The van der Waals surface area contributed by atoms with Gasteiger partial charge in [-0.2, -0.15) is 0 Å². The number of aryl methyl sites for hydroxylation is 2. The quantitative estimate of drug-likeness (QED) is 0.888. The number of carbonyl (C=O) groups is 1. The van der Waals surface area contributed by atoms with E-state index in [4.69, 9.17) is 0 Å². The lowest BCUT2D eigenvalue weighted by atomic mass is 9.90. The second kappa shape index (κ2) is 5.56. The number of nitrogens with zero attached hydrogens (tertiary/aromatic N) is 1. The van der Waals surface area contributed by atoms with E-state index in [2.05, 4.69) is 15.6 Å². The third-order valence-corrected chi connectivity index (χ3v) is 3.88. The average Bonchev–Trinajstić information content (AvgIpc) is 2.49. The van der Waals surface area contributed by atoms with Crippen LogP contribution in [-0.2, 0) is 4.79 Å². The van der Waals surface area contributed by atoms with Crippen molar-refractivity contribution in [1.29, 1.82) is 0 Å². The Labute approximate surface area is 124 Å². The number of rotatable bonds is 2. The monoisotopic (exact) mass is 281 g/mol. The summed E-state index contributed by atoms with van der Waals surface area (Å²) in [6.07, 6.45) is 0.807. The molecule has 2 heterocycles. The number of amides is 1. The van der Waals surface area contributed by atoms with E-state index in [0.29, 0.717) is 0 Å².